The van der Waals surface area contributed by atoms with Crippen LogP contribution in [0, 0.1) is 0 Å². The zero-order chi connectivity index (χ0) is 20.4. The van der Waals surface area contributed by atoms with Gasteiger partial charge in [-0.1, -0.05) is 37.3 Å². The Labute approximate surface area is 168 Å². The summed E-state index contributed by atoms with van der Waals surface area (Å²) < 4.78 is 7.16. The average Bonchev–Trinajstić information content (AvgIpc) is 3.30. The van der Waals surface area contributed by atoms with Gasteiger partial charge in [-0.3, -0.25) is 4.57 Å². The predicted octanol–water partition coefficient (Wildman–Crippen LogP) is 0.871. The van der Waals surface area contributed by atoms with Crippen LogP contribution in [0.1, 0.15) is 25.1 Å². The van der Waals surface area contributed by atoms with Gasteiger partial charge in [-0.15, -0.1) is 0 Å². The topological polar surface area (TPSA) is 126 Å². The highest BCUT2D eigenvalue weighted by molar-refractivity contribution is 5.82. The van der Waals surface area contributed by atoms with Crippen molar-refractivity contribution in [1.82, 2.24) is 19.5 Å². The van der Waals surface area contributed by atoms with Gasteiger partial charge in [-0.25, -0.2) is 15.0 Å². The molecule has 1 saturated heterocycles. The Bertz CT molecular complexity index is 950. The van der Waals surface area contributed by atoms with Crippen LogP contribution in [0.15, 0.2) is 43.0 Å². The standard InChI is InChI=1S/C20H25N5O4/c1-2-13(8-12-6-4-3-5-7-12)24-18-15-19(22-10-21-18)25(11-23-15)20-17(28)16(27)14(9-26)29-20/h3-7,10-11,13-14,16-17,20,26-28H,2,8-9H2,1H3,(H,21,22,24)/t13?,14-,16-,17-,20-/m1/s1. The fraction of sp³-hybridized carbons (Fsp3) is 0.450. The van der Waals surface area contributed by atoms with Crippen LogP contribution < -0.4 is 5.32 Å². The Kier molecular flexibility index (Phi) is 5.72. The third kappa shape index (κ3) is 3.82. The van der Waals surface area contributed by atoms with Crippen molar-refractivity contribution in [2.75, 3.05) is 11.9 Å². The maximum atomic E-state index is 10.3. The van der Waals surface area contributed by atoms with Crippen molar-refractivity contribution in [2.45, 2.75) is 50.3 Å². The number of hydrogen-bond donors (Lipinski definition) is 4. The van der Waals surface area contributed by atoms with Gasteiger partial charge in [0.05, 0.1) is 12.9 Å². The van der Waals surface area contributed by atoms with E-state index in [1.165, 1.54) is 18.2 Å². The minimum atomic E-state index is -1.20. The Morgan fingerprint density at radius 2 is 1.93 bits per heavy atom. The van der Waals surface area contributed by atoms with Crippen molar-refractivity contribution in [3.63, 3.8) is 0 Å². The molecule has 3 aromatic rings. The number of aliphatic hydroxyl groups excluding tert-OH is 3. The van der Waals surface area contributed by atoms with Crippen molar-refractivity contribution >= 4 is 17.0 Å². The van der Waals surface area contributed by atoms with Crippen LogP contribution in [0.25, 0.3) is 11.2 Å². The molecular formula is C20H25N5O4. The molecule has 9 nitrogen and oxygen atoms in total. The van der Waals surface area contributed by atoms with Crippen molar-refractivity contribution in [2.24, 2.45) is 0 Å². The van der Waals surface area contributed by atoms with E-state index in [4.69, 9.17) is 4.74 Å². The summed E-state index contributed by atoms with van der Waals surface area (Å²) in [6.45, 7) is 1.72. The third-order valence-electron chi connectivity index (χ3n) is 5.31. The monoisotopic (exact) mass is 399 g/mol. The first-order valence-corrected chi connectivity index (χ1v) is 9.72. The number of aromatic nitrogens is 4. The maximum Gasteiger partial charge on any atom is 0.167 e. The third-order valence-corrected chi connectivity index (χ3v) is 5.31. The van der Waals surface area contributed by atoms with Crippen LogP contribution in [0.3, 0.4) is 0 Å². The van der Waals surface area contributed by atoms with Gasteiger partial charge in [0.1, 0.15) is 24.6 Å². The molecule has 0 radical (unpaired) electrons. The molecule has 154 valence electrons. The fourth-order valence-electron chi connectivity index (χ4n) is 3.64. The van der Waals surface area contributed by atoms with E-state index in [2.05, 4.69) is 39.3 Å². The Morgan fingerprint density at radius 3 is 2.62 bits per heavy atom. The molecule has 4 N–H and O–H groups in total. The summed E-state index contributed by atoms with van der Waals surface area (Å²) in [5, 5.41) is 33.1. The first-order chi connectivity index (χ1) is 14.1. The number of rotatable bonds is 7. The zero-order valence-corrected chi connectivity index (χ0v) is 16.1. The van der Waals surface area contributed by atoms with E-state index >= 15 is 0 Å². The van der Waals surface area contributed by atoms with E-state index in [0.29, 0.717) is 17.0 Å². The van der Waals surface area contributed by atoms with E-state index in [1.54, 1.807) is 4.57 Å². The average molecular weight is 399 g/mol. The maximum absolute atomic E-state index is 10.3. The normalized spacial score (nSPS) is 25.4. The number of benzene rings is 1. The molecule has 2 aromatic heterocycles. The number of fused-ring (bicyclic) bond motifs is 1. The van der Waals surface area contributed by atoms with Crippen molar-refractivity contribution in [3.8, 4) is 0 Å². The number of anilines is 1. The highest BCUT2D eigenvalue weighted by atomic mass is 16.6. The van der Waals surface area contributed by atoms with Crippen LogP contribution in [0.2, 0.25) is 0 Å². The molecule has 4 rings (SSSR count). The van der Waals surface area contributed by atoms with Crippen LogP contribution in [-0.4, -0.2) is 65.8 Å². The summed E-state index contributed by atoms with van der Waals surface area (Å²) in [6, 6.07) is 10.4. The van der Waals surface area contributed by atoms with E-state index in [0.717, 1.165) is 12.8 Å². The largest absolute Gasteiger partial charge is 0.394 e. The second-order valence-corrected chi connectivity index (χ2v) is 7.21. The number of aliphatic hydroxyl groups is 3. The quantitative estimate of drug-likeness (QED) is 0.461. The minimum absolute atomic E-state index is 0.162. The molecule has 5 atom stereocenters. The minimum Gasteiger partial charge on any atom is -0.394 e. The van der Waals surface area contributed by atoms with Gasteiger partial charge in [-0.2, -0.15) is 0 Å². The molecule has 0 amide bonds. The van der Waals surface area contributed by atoms with E-state index in [1.807, 2.05) is 18.2 Å². The molecule has 0 spiro atoms. The molecule has 1 unspecified atom stereocenters. The van der Waals surface area contributed by atoms with Gasteiger partial charge in [0.2, 0.25) is 0 Å². The van der Waals surface area contributed by atoms with Crippen molar-refractivity contribution < 1.29 is 20.1 Å². The van der Waals surface area contributed by atoms with Gasteiger partial charge in [0, 0.05) is 6.04 Å². The lowest BCUT2D eigenvalue weighted by Gasteiger charge is -2.18. The first-order valence-electron chi connectivity index (χ1n) is 9.72. The summed E-state index contributed by atoms with van der Waals surface area (Å²) >= 11 is 0. The highest BCUT2D eigenvalue weighted by Crippen LogP contribution is 2.32. The molecule has 0 bridgehead atoms. The SMILES string of the molecule is CCC(Cc1ccccc1)Nc1ncnc2c1ncn2[C@@H]1O[C@H](CO)[C@@H](O)[C@H]1O. The second-order valence-electron chi connectivity index (χ2n) is 7.21. The van der Waals surface area contributed by atoms with Gasteiger partial charge in [-0.05, 0) is 18.4 Å². The first kappa shape index (κ1) is 19.7. The van der Waals surface area contributed by atoms with Gasteiger partial charge >= 0.3 is 0 Å². The molecule has 29 heavy (non-hydrogen) atoms. The molecular weight excluding hydrogens is 374 g/mol. The van der Waals surface area contributed by atoms with Gasteiger partial charge < -0.3 is 25.4 Å². The van der Waals surface area contributed by atoms with Crippen molar-refractivity contribution in [1.29, 1.82) is 0 Å². The Balaban J connectivity index is 1.59. The summed E-state index contributed by atoms with van der Waals surface area (Å²) in [7, 11) is 0. The summed E-state index contributed by atoms with van der Waals surface area (Å²) in [6.07, 6.45) is 0.550. The Hall–Kier alpha value is -2.59. The molecule has 1 aromatic carbocycles. The molecule has 1 aliphatic rings. The van der Waals surface area contributed by atoms with Gasteiger partial charge in [0.15, 0.2) is 23.2 Å². The lowest BCUT2D eigenvalue weighted by atomic mass is 10.0. The highest BCUT2D eigenvalue weighted by Gasteiger charge is 2.44. The molecule has 0 aliphatic carbocycles. The molecule has 1 aliphatic heterocycles. The summed E-state index contributed by atoms with van der Waals surface area (Å²) in [5.74, 6) is 0.600. The van der Waals surface area contributed by atoms with Crippen LogP contribution in [0.5, 0.6) is 0 Å². The smallest absolute Gasteiger partial charge is 0.167 e. The van der Waals surface area contributed by atoms with Crippen LogP contribution >= 0.6 is 0 Å². The van der Waals surface area contributed by atoms with E-state index in [-0.39, 0.29) is 12.6 Å². The second kappa shape index (κ2) is 8.42. The lowest BCUT2D eigenvalue weighted by Crippen LogP contribution is -2.33. The number of nitrogens with one attached hydrogen (secondary N) is 1. The number of imidazole rings is 1. The summed E-state index contributed by atoms with van der Waals surface area (Å²) in [4.78, 5) is 13.0. The number of nitrogens with zero attached hydrogens (tertiary/aromatic N) is 4. The molecule has 1 fully saturated rings. The van der Waals surface area contributed by atoms with Crippen LogP contribution in [-0.2, 0) is 11.2 Å². The zero-order valence-electron chi connectivity index (χ0n) is 16.1. The number of hydrogen-bond acceptors (Lipinski definition) is 8. The predicted molar refractivity (Wildman–Crippen MR) is 106 cm³/mol. The molecule has 3 heterocycles. The number of ether oxygens (including phenoxy) is 1. The molecule has 0 saturated carbocycles. The van der Waals surface area contributed by atoms with Crippen LogP contribution in [0.4, 0.5) is 5.82 Å². The van der Waals surface area contributed by atoms with E-state index in [9.17, 15) is 15.3 Å². The summed E-state index contributed by atoms with van der Waals surface area (Å²) in [5.41, 5.74) is 2.26. The van der Waals surface area contributed by atoms with Crippen molar-refractivity contribution in [3.05, 3.63) is 48.5 Å². The van der Waals surface area contributed by atoms with Gasteiger partial charge in [0.25, 0.3) is 0 Å². The fourth-order valence-corrected chi connectivity index (χ4v) is 3.64. The lowest BCUT2D eigenvalue weighted by molar-refractivity contribution is -0.0511. The van der Waals surface area contributed by atoms with E-state index < -0.39 is 24.5 Å². The molecule has 9 heteroatoms. The Morgan fingerprint density at radius 1 is 1.14 bits per heavy atom.